The molecule has 3 N–H and O–H groups in total. The maximum atomic E-state index is 12.9. The summed E-state index contributed by atoms with van der Waals surface area (Å²) < 4.78 is 15.2. The zero-order valence-corrected chi connectivity index (χ0v) is 17.8. The highest BCUT2D eigenvalue weighted by atomic mass is 35.5. The lowest BCUT2D eigenvalue weighted by Gasteiger charge is -2.20. The highest BCUT2D eigenvalue weighted by Gasteiger charge is 2.23. The van der Waals surface area contributed by atoms with Crippen molar-refractivity contribution in [1.82, 2.24) is 5.32 Å². The van der Waals surface area contributed by atoms with E-state index in [1.807, 2.05) is 0 Å². The van der Waals surface area contributed by atoms with Crippen molar-refractivity contribution in [3.05, 3.63) is 57.6 Å². The SMILES string of the molecule is COC(=O)CC(NC(=O)c1cc(Cl)c(OCC(N)=O)c(OC)c1)c1ccccc1Cl. The summed E-state index contributed by atoms with van der Waals surface area (Å²) in [5.74, 6) is -1.54. The molecule has 0 saturated carbocycles. The number of methoxy groups -OCH3 is 2. The molecule has 2 aromatic carbocycles. The highest BCUT2D eigenvalue weighted by Crippen LogP contribution is 2.36. The van der Waals surface area contributed by atoms with E-state index in [0.717, 1.165) is 0 Å². The van der Waals surface area contributed by atoms with Gasteiger partial charge in [-0.1, -0.05) is 41.4 Å². The number of esters is 1. The number of carbonyl (C=O) groups is 3. The number of carbonyl (C=O) groups excluding carboxylic acids is 3. The van der Waals surface area contributed by atoms with Gasteiger partial charge in [0.05, 0.1) is 31.7 Å². The van der Waals surface area contributed by atoms with Gasteiger partial charge in [0.1, 0.15) is 0 Å². The molecular weight excluding hydrogens is 435 g/mol. The Hall–Kier alpha value is -2.97. The fraction of sp³-hybridized carbons (Fsp3) is 0.250. The smallest absolute Gasteiger partial charge is 0.307 e. The number of nitrogens with one attached hydrogen (secondary N) is 1. The molecule has 10 heteroatoms. The first kappa shape index (κ1) is 23.3. The fourth-order valence-electron chi connectivity index (χ4n) is 2.62. The monoisotopic (exact) mass is 454 g/mol. The van der Waals surface area contributed by atoms with Gasteiger partial charge in [-0.2, -0.15) is 0 Å². The number of primary amides is 1. The van der Waals surface area contributed by atoms with E-state index in [9.17, 15) is 14.4 Å². The van der Waals surface area contributed by atoms with Gasteiger partial charge in [0.2, 0.25) is 0 Å². The van der Waals surface area contributed by atoms with Gasteiger partial charge in [-0.25, -0.2) is 0 Å². The lowest BCUT2D eigenvalue weighted by Crippen LogP contribution is -2.30. The Labute approximate surface area is 183 Å². The Bertz CT molecular complexity index is 951. The van der Waals surface area contributed by atoms with Crippen LogP contribution < -0.4 is 20.5 Å². The molecule has 0 spiro atoms. The molecule has 160 valence electrons. The molecule has 2 rings (SSSR count). The first-order valence-electron chi connectivity index (χ1n) is 8.67. The molecule has 0 radical (unpaired) electrons. The van der Waals surface area contributed by atoms with Crippen LogP contribution in [0.15, 0.2) is 36.4 Å². The summed E-state index contributed by atoms with van der Waals surface area (Å²) in [4.78, 5) is 35.7. The zero-order valence-electron chi connectivity index (χ0n) is 16.2. The third kappa shape index (κ3) is 6.01. The van der Waals surface area contributed by atoms with Gasteiger partial charge in [0.25, 0.3) is 11.8 Å². The molecule has 30 heavy (non-hydrogen) atoms. The number of rotatable bonds is 9. The standard InChI is InChI=1S/C20H20Cl2N2O6/c1-28-16-8-11(7-14(22)19(16)30-10-17(23)25)20(27)24-15(9-18(26)29-2)12-5-3-4-6-13(12)21/h3-8,15H,9-10H2,1-2H3,(H2,23,25)(H,24,27). The summed E-state index contributed by atoms with van der Waals surface area (Å²) in [7, 11) is 2.61. The second-order valence-electron chi connectivity index (χ2n) is 6.07. The zero-order chi connectivity index (χ0) is 22.3. The molecule has 0 heterocycles. The van der Waals surface area contributed by atoms with Gasteiger partial charge in [0.15, 0.2) is 18.1 Å². The largest absolute Gasteiger partial charge is 0.493 e. The Morgan fingerprint density at radius 3 is 2.40 bits per heavy atom. The quantitative estimate of drug-likeness (QED) is 0.562. The number of nitrogens with two attached hydrogens (primary N) is 1. The second kappa shape index (κ2) is 10.7. The van der Waals surface area contributed by atoms with Gasteiger partial charge in [-0.3, -0.25) is 14.4 Å². The minimum absolute atomic E-state index is 0.0445. The van der Waals surface area contributed by atoms with Crippen LogP contribution in [0.2, 0.25) is 10.0 Å². The molecule has 0 aromatic heterocycles. The fourth-order valence-corrected chi connectivity index (χ4v) is 3.15. The van der Waals surface area contributed by atoms with Crippen LogP contribution in [-0.4, -0.2) is 38.6 Å². The van der Waals surface area contributed by atoms with Crippen molar-refractivity contribution >= 4 is 41.0 Å². The van der Waals surface area contributed by atoms with Crippen molar-refractivity contribution in [2.24, 2.45) is 5.73 Å². The van der Waals surface area contributed by atoms with E-state index in [1.54, 1.807) is 24.3 Å². The Balaban J connectivity index is 2.32. The first-order chi connectivity index (χ1) is 14.3. The number of hydrogen-bond donors (Lipinski definition) is 2. The van der Waals surface area contributed by atoms with Crippen molar-refractivity contribution in [3.63, 3.8) is 0 Å². The molecule has 1 atom stereocenters. The summed E-state index contributed by atoms with van der Waals surface area (Å²) in [5.41, 5.74) is 5.77. The maximum absolute atomic E-state index is 12.9. The van der Waals surface area contributed by atoms with Crippen LogP contribution in [-0.2, 0) is 14.3 Å². The van der Waals surface area contributed by atoms with Gasteiger partial charge in [-0.15, -0.1) is 0 Å². The molecule has 0 bridgehead atoms. The Kier molecular flexibility index (Phi) is 8.32. The average Bonchev–Trinajstić information content (AvgIpc) is 2.71. The van der Waals surface area contributed by atoms with E-state index in [2.05, 4.69) is 5.32 Å². The first-order valence-corrected chi connectivity index (χ1v) is 9.43. The van der Waals surface area contributed by atoms with E-state index in [1.165, 1.54) is 26.4 Å². The van der Waals surface area contributed by atoms with E-state index >= 15 is 0 Å². The van der Waals surface area contributed by atoms with Crippen molar-refractivity contribution in [2.45, 2.75) is 12.5 Å². The lowest BCUT2D eigenvalue weighted by atomic mass is 10.0. The molecule has 0 saturated heterocycles. The van der Waals surface area contributed by atoms with E-state index < -0.39 is 30.4 Å². The minimum Gasteiger partial charge on any atom is -0.493 e. The number of ether oxygens (including phenoxy) is 3. The highest BCUT2D eigenvalue weighted by molar-refractivity contribution is 6.33. The Morgan fingerprint density at radius 1 is 1.10 bits per heavy atom. The number of halogens is 2. The molecule has 0 aliphatic heterocycles. The average molecular weight is 455 g/mol. The molecule has 2 amide bonds. The Morgan fingerprint density at radius 2 is 1.80 bits per heavy atom. The second-order valence-corrected chi connectivity index (χ2v) is 6.89. The third-order valence-corrected chi connectivity index (χ3v) is 4.66. The maximum Gasteiger partial charge on any atom is 0.307 e. The van der Waals surface area contributed by atoms with Crippen molar-refractivity contribution < 1.29 is 28.6 Å². The van der Waals surface area contributed by atoms with Crippen molar-refractivity contribution in [2.75, 3.05) is 20.8 Å². The molecule has 0 aliphatic rings. The van der Waals surface area contributed by atoms with E-state index in [-0.39, 0.29) is 28.5 Å². The molecule has 8 nitrogen and oxygen atoms in total. The summed E-state index contributed by atoms with van der Waals surface area (Å²) in [6.45, 7) is -0.407. The van der Waals surface area contributed by atoms with Crippen molar-refractivity contribution in [3.8, 4) is 11.5 Å². The number of benzene rings is 2. The minimum atomic E-state index is -0.741. The molecule has 2 aromatic rings. The lowest BCUT2D eigenvalue weighted by molar-refractivity contribution is -0.141. The van der Waals surface area contributed by atoms with Crippen LogP contribution in [0.4, 0.5) is 0 Å². The topological polar surface area (TPSA) is 117 Å². The van der Waals surface area contributed by atoms with E-state index in [4.69, 9.17) is 43.1 Å². The molecule has 0 aliphatic carbocycles. The number of amides is 2. The molecule has 0 fully saturated rings. The summed E-state index contributed by atoms with van der Waals surface area (Å²) in [5, 5.41) is 3.18. The normalized spacial score (nSPS) is 11.3. The predicted molar refractivity (Wildman–Crippen MR) is 111 cm³/mol. The third-order valence-electron chi connectivity index (χ3n) is 4.03. The van der Waals surface area contributed by atoms with Crippen LogP contribution in [0.5, 0.6) is 11.5 Å². The van der Waals surface area contributed by atoms with E-state index in [0.29, 0.717) is 10.6 Å². The van der Waals surface area contributed by atoms with Gasteiger partial charge < -0.3 is 25.3 Å². The number of hydrogen-bond acceptors (Lipinski definition) is 6. The predicted octanol–water partition coefficient (Wildman–Crippen LogP) is 2.90. The van der Waals surface area contributed by atoms with Gasteiger partial charge >= 0.3 is 5.97 Å². The summed E-state index contributed by atoms with van der Waals surface area (Å²) in [6.07, 6.45) is -0.128. The van der Waals surface area contributed by atoms with Crippen LogP contribution in [0.1, 0.15) is 28.4 Å². The molecule has 1 unspecified atom stereocenters. The van der Waals surface area contributed by atoms with Crippen LogP contribution in [0, 0.1) is 0 Å². The van der Waals surface area contributed by atoms with Crippen LogP contribution in [0.3, 0.4) is 0 Å². The van der Waals surface area contributed by atoms with Crippen molar-refractivity contribution in [1.29, 1.82) is 0 Å². The summed E-state index contributed by atoms with van der Waals surface area (Å²) in [6, 6.07) is 8.81. The van der Waals surface area contributed by atoms with Gasteiger partial charge in [-0.05, 0) is 23.8 Å². The van der Waals surface area contributed by atoms with Crippen LogP contribution in [0.25, 0.3) is 0 Å². The van der Waals surface area contributed by atoms with Gasteiger partial charge in [0, 0.05) is 10.6 Å². The van der Waals surface area contributed by atoms with Crippen LogP contribution >= 0.6 is 23.2 Å². The summed E-state index contributed by atoms with van der Waals surface area (Å²) >= 11 is 12.4. The molecular formula is C20H20Cl2N2O6.